The topological polar surface area (TPSA) is 93.7 Å². The van der Waals surface area contributed by atoms with Crippen molar-refractivity contribution in [2.24, 2.45) is 0 Å². The van der Waals surface area contributed by atoms with E-state index in [-0.39, 0.29) is 5.91 Å². The van der Waals surface area contributed by atoms with Gasteiger partial charge in [0, 0.05) is 24.4 Å². The summed E-state index contributed by atoms with van der Waals surface area (Å²) in [4.78, 5) is 35.1. The predicted octanol–water partition coefficient (Wildman–Crippen LogP) is 3.63. The van der Waals surface area contributed by atoms with Crippen LogP contribution >= 0.6 is 0 Å². The van der Waals surface area contributed by atoms with Crippen LogP contribution in [0.4, 0.5) is 11.4 Å². The number of ether oxygens (including phenoxy) is 2. The zero-order valence-corrected chi connectivity index (χ0v) is 16.6. The molecule has 0 bridgehead atoms. The van der Waals surface area contributed by atoms with Crippen molar-refractivity contribution in [1.82, 2.24) is 0 Å². The molecule has 2 aromatic carbocycles. The fourth-order valence-corrected chi connectivity index (χ4v) is 2.36. The third-order valence-electron chi connectivity index (χ3n) is 3.74. The molecule has 2 amide bonds. The van der Waals surface area contributed by atoms with Gasteiger partial charge in [-0.1, -0.05) is 12.1 Å². The molecule has 0 heterocycles. The normalized spacial score (nSPS) is 11.6. The number of amides is 2. The maximum Gasteiger partial charge on any atom is 0.331 e. The SMILES string of the molecule is CCOc1ccc(/C=C/C(=O)O[C@H](C)C(=O)Nc2ccc(NC(C)=O)cc2)cc1. The van der Waals surface area contributed by atoms with E-state index in [0.29, 0.717) is 18.0 Å². The number of hydrogen-bond acceptors (Lipinski definition) is 5. The Morgan fingerprint density at radius 1 is 0.966 bits per heavy atom. The number of carbonyl (C=O) groups is 3. The second kappa shape index (κ2) is 10.7. The number of benzene rings is 2. The van der Waals surface area contributed by atoms with Crippen LogP contribution in [0.15, 0.2) is 54.6 Å². The fourth-order valence-electron chi connectivity index (χ4n) is 2.36. The van der Waals surface area contributed by atoms with Crippen LogP contribution in [0.25, 0.3) is 6.08 Å². The molecule has 2 N–H and O–H groups in total. The van der Waals surface area contributed by atoms with Crippen molar-refractivity contribution in [1.29, 1.82) is 0 Å². The lowest BCUT2D eigenvalue weighted by Crippen LogP contribution is -2.29. The first-order chi connectivity index (χ1) is 13.9. The lowest BCUT2D eigenvalue weighted by Gasteiger charge is -2.12. The van der Waals surface area contributed by atoms with E-state index in [9.17, 15) is 14.4 Å². The third-order valence-corrected chi connectivity index (χ3v) is 3.74. The van der Waals surface area contributed by atoms with Crippen LogP contribution in [0.1, 0.15) is 26.3 Å². The summed E-state index contributed by atoms with van der Waals surface area (Å²) in [6, 6.07) is 13.8. The van der Waals surface area contributed by atoms with E-state index in [1.807, 2.05) is 31.2 Å². The molecule has 2 rings (SSSR count). The van der Waals surface area contributed by atoms with Crippen molar-refractivity contribution in [3.63, 3.8) is 0 Å². The molecular weight excluding hydrogens is 372 g/mol. The molecule has 0 spiro atoms. The Morgan fingerprint density at radius 2 is 1.55 bits per heavy atom. The minimum atomic E-state index is -0.970. The van der Waals surface area contributed by atoms with Gasteiger partial charge in [0.2, 0.25) is 5.91 Å². The molecule has 0 radical (unpaired) electrons. The maximum absolute atomic E-state index is 12.2. The monoisotopic (exact) mass is 396 g/mol. The molecular formula is C22H24N2O5. The van der Waals surface area contributed by atoms with Gasteiger partial charge >= 0.3 is 5.97 Å². The van der Waals surface area contributed by atoms with Crippen LogP contribution in [-0.2, 0) is 19.1 Å². The first-order valence-electron chi connectivity index (χ1n) is 9.17. The van der Waals surface area contributed by atoms with Gasteiger partial charge in [-0.05, 0) is 61.9 Å². The van der Waals surface area contributed by atoms with Crippen LogP contribution in [0.3, 0.4) is 0 Å². The van der Waals surface area contributed by atoms with Crippen molar-refractivity contribution >= 4 is 35.2 Å². The molecule has 0 unspecified atom stereocenters. The highest BCUT2D eigenvalue weighted by atomic mass is 16.5. The Morgan fingerprint density at radius 3 is 2.10 bits per heavy atom. The van der Waals surface area contributed by atoms with Crippen LogP contribution in [0.2, 0.25) is 0 Å². The van der Waals surface area contributed by atoms with Gasteiger partial charge in [-0.25, -0.2) is 4.79 Å². The molecule has 0 aliphatic carbocycles. The van der Waals surface area contributed by atoms with Gasteiger partial charge in [0.05, 0.1) is 6.61 Å². The highest BCUT2D eigenvalue weighted by molar-refractivity contribution is 5.97. The second-order valence-electron chi connectivity index (χ2n) is 6.16. The fraction of sp³-hybridized carbons (Fsp3) is 0.227. The summed E-state index contributed by atoms with van der Waals surface area (Å²) >= 11 is 0. The Labute approximate surface area is 169 Å². The molecule has 29 heavy (non-hydrogen) atoms. The summed E-state index contributed by atoms with van der Waals surface area (Å²) in [6.45, 7) is 5.39. The number of rotatable bonds is 8. The standard InChI is InChI=1S/C22H24N2O5/c1-4-28-20-12-5-17(6-13-20)7-14-21(26)29-15(2)22(27)24-19-10-8-18(9-11-19)23-16(3)25/h5-15H,4H2,1-3H3,(H,23,25)(H,24,27)/b14-7+/t15-/m1/s1. The molecule has 0 saturated heterocycles. The van der Waals surface area contributed by atoms with E-state index in [1.165, 1.54) is 19.9 Å². The number of hydrogen-bond donors (Lipinski definition) is 2. The predicted molar refractivity (Wildman–Crippen MR) is 112 cm³/mol. The highest BCUT2D eigenvalue weighted by Crippen LogP contribution is 2.15. The van der Waals surface area contributed by atoms with Gasteiger partial charge in [-0.15, -0.1) is 0 Å². The molecule has 0 aromatic heterocycles. The molecule has 152 valence electrons. The Balaban J connectivity index is 1.84. The van der Waals surface area contributed by atoms with Gasteiger partial charge < -0.3 is 20.1 Å². The van der Waals surface area contributed by atoms with Crippen molar-refractivity contribution < 1.29 is 23.9 Å². The van der Waals surface area contributed by atoms with E-state index in [0.717, 1.165) is 11.3 Å². The molecule has 7 nitrogen and oxygen atoms in total. The van der Waals surface area contributed by atoms with Crippen LogP contribution < -0.4 is 15.4 Å². The zero-order valence-electron chi connectivity index (χ0n) is 16.6. The van der Waals surface area contributed by atoms with Crippen molar-refractivity contribution in [3.8, 4) is 5.75 Å². The summed E-state index contributed by atoms with van der Waals surface area (Å²) in [7, 11) is 0. The summed E-state index contributed by atoms with van der Waals surface area (Å²) in [5.41, 5.74) is 1.95. The van der Waals surface area contributed by atoms with E-state index in [1.54, 1.807) is 30.3 Å². The Kier molecular flexibility index (Phi) is 7.97. The number of anilines is 2. The largest absolute Gasteiger partial charge is 0.494 e. The first-order valence-corrected chi connectivity index (χ1v) is 9.17. The number of nitrogens with one attached hydrogen (secondary N) is 2. The van der Waals surface area contributed by atoms with E-state index >= 15 is 0 Å². The van der Waals surface area contributed by atoms with E-state index < -0.39 is 18.0 Å². The molecule has 0 fully saturated rings. The third kappa shape index (κ3) is 7.50. The van der Waals surface area contributed by atoms with Gasteiger partial charge in [0.15, 0.2) is 6.10 Å². The molecule has 0 aliphatic rings. The minimum Gasteiger partial charge on any atom is -0.494 e. The molecule has 2 aromatic rings. The average molecular weight is 396 g/mol. The summed E-state index contributed by atoms with van der Waals surface area (Å²) in [5, 5.41) is 5.29. The average Bonchev–Trinajstić information content (AvgIpc) is 2.68. The van der Waals surface area contributed by atoms with E-state index in [2.05, 4.69) is 10.6 Å². The van der Waals surface area contributed by atoms with Gasteiger partial charge in [0.1, 0.15) is 5.75 Å². The van der Waals surface area contributed by atoms with Crippen LogP contribution in [-0.4, -0.2) is 30.5 Å². The summed E-state index contributed by atoms with van der Waals surface area (Å²) in [6.07, 6.45) is 1.90. The lowest BCUT2D eigenvalue weighted by molar-refractivity contribution is -0.148. The maximum atomic E-state index is 12.2. The number of esters is 1. The highest BCUT2D eigenvalue weighted by Gasteiger charge is 2.16. The zero-order chi connectivity index (χ0) is 21.2. The Hall–Kier alpha value is -3.61. The lowest BCUT2D eigenvalue weighted by atomic mass is 10.2. The summed E-state index contributed by atoms with van der Waals surface area (Å²) in [5.74, 6) is -0.508. The van der Waals surface area contributed by atoms with Crippen molar-refractivity contribution in [2.45, 2.75) is 26.9 Å². The van der Waals surface area contributed by atoms with Gasteiger partial charge in [0.25, 0.3) is 5.91 Å². The molecule has 1 atom stereocenters. The Bertz CT molecular complexity index is 873. The summed E-state index contributed by atoms with van der Waals surface area (Å²) < 4.78 is 10.5. The molecule has 0 saturated carbocycles. The van der Waals surface area contributed by atoms with Crippen LogP contribution in [0, 0.1) is 0 Å². The van der Waals surface area contributed by atoms with E-state index in [4.69, 9.17) is 9.47 Å². The van der Waals surface area contributed by atoms with Gasteiger partial charge in [-0.2, -0.15) is 0 Å². The van der Waals surface area contributed by atoms with Crippen LogP contribution in [0.5, 0.6) is 5.75 Å². The van der Waals surface area contributed by atoms with Crippen molar-refractivity contribution in [3.05, 3.63) is 60.2 Å². The van der Waals surface area contributed by atoms with Crippen molar-refractivity contribution in [2.75, 3.05) is 17.2 Å². The second-order valence-corrected chi connectivity index (χ2v) is 6.16. The number of carbonyl (C=O) groups excluding carboxylic acids is 3. The molecule has 7 heteroatoms. The first kappa shape index (κ1) is 21.7. The smallest absolute Gasteiger partial charge is 0.331 e. The van der Waals surface area contributed by atoms with Gasteiger partial charge in [-0.3, -0.25) is 9.59 Å². The quantitative estimate of drug-likeness (QED) is 0.525. The molecule has 0 aliphatic heterocycles. The minimum absolute atomic E-state index is 0.180.